The molecular weight excluding hydrogens is 303 g/mol. The van der Waals surface area contributed by atoms with E-state index in [0.29, 0.717) is 13.2 Å². The van der Waals surface area contributed by atoms with Crippen LogP contribution < -0.4 is 10.1 Å². The largest absolute Gasteiger partial charge is 0.484 e. The second-order valence-corrected chi connectivity index (χ2v) is 4.37. The molecule has 1 rings (SSSR count). The van der Waals surface area contributed by atoms with Crippen molar-refractivity contribution >= 4 is 5.91 Å². The van der Waals surface area contributed by atoms with E-state index >= 15 is 0 Å². The molecule has 0 atom stereocenters. The van der Waals surface area contributed by atoms with Crippen molar-refractivity contribution in [3.63, 3.8) is 0 Å². The Labute approximate surface area is 126 Å². The van der Waals surface area contributed by atoms with Crippen molar-refractivity contribution in [2.75, 3.05) is 33.5 Å². The van der Waals surface area contributed by atoms with Crippen molar-refractivity contribution in [2.24, 2.45) is 0 Å². The first-order valence-electron chi connectivity index (χ1n) is 6.52. The molecule has 0 spiro atoms. The SMILES string of the molecule is COCCOCC(=O)NCc1ccc(OCC(F)(F)F)cc1. The van der Waals surface area contributed by atoms with Crippen LogP contribution in [0.3, 0.4) is 0 Å². The highest BCUT2D eigenvalue weighted by atomic mass is 19.4. The van der Waals surface area contributed by atoms with Crippen LogP contribution in [0.2, 0.25) is 0 Å². The van der Waals surface area contributed by atoms with E-state index in [1.54, 1.807) is 12.1 Å². The quantitative estimate of drug-likeness (QED) is 0.706. The number of nitrogens with one attached hydrogen (secondary N) is 1. The molecule has 8 heteroatoms. The van der Waals surface area contributed by atoms with E-state index in [4.69, 9.17) is 9.47 Å². The van der Waals surface area contributed by atoms with Gasteiger partial charge in [-0.3, -0.25) is 4.79 Å². The Hall–Kier alpha value is -1.80. The Morgan fingerprint density at radius 3 is 2.45 bits per heavy atom. The molecule has 0 radical (unpaired) electrons. The third-order valence-corrected chi connectivity index (χ3v) is 2.48. The molecule has 0 aliphatic heterocycles. The molecule has 1 amide bonds. The number of carbonyl (C=O) groups excluding carboxylic acids is 1. The number of ether oxygens (including phenoxy) is 3. The van der Waals surface area contributed by atoms with Crippen molar-refractivity contribution in [3.05, 3.63) is 29.8 Å². The number of hydrogen-bond acceptors (Lipinski definition) is 4. The molecule has 0 unspecified atom stereocenters. The normalized spacial score (nSPS) is 11.3. The van der Waals surface area contributed by atoms with E-state index < -0.39 is 12.8 Å². The molecule has 0 heterocycles. The number of amides is 1. The molecule has 1 aromatic carbocycles. The molecule has 1 N–H and O–H groups in total. The van der Waals surface area contributed by atoms with Crippen molar-refractivity contribution in [1.29, 1.82) is 0 Å². The van der Waals surface area contributed by atoms with Gasteiger partial charge in [0, 0.05) is 13.7 Å². The van der Waals surface area contributed by atoms with Crippen LogP contribution in [0.5, 0.6) is 5.75 Å². The van der Waals surface area contributed by atoms with Gasteiger partial charge in [-0.2, -0.15) is 13.2 Å². The first-order chi connectivity index (χ1) is 10.4. The summed E-state index contributed by atoms with van der Waals surface area (Å²) in [5, 5.41) is 2.63. The van der Waals surface area contributed by atoms with Gasteiger partial charge in [0.2, 0.25) is 5.91 Å². The molecule has 0 aliphatic carbocycles. The molecule has 0 saturated heterocycles. The number of benzene rings is 1. The van der Waals surface area contributed by atoms with E-state index in [1.165, 1.54) is 19.2 Å². The fraction of sp³-hybridized carbons (Fsp3) is 0.500. The fourth-order valence-electron chi connectivity index (χ4n) is 1.43. The van der Waals surface area contributed by atoms with Gasteiger partial charge in [0.1, 0.15) is 12.4 Å². The highest BCUT2D eigenvalue weighted by Crippen LogP contribution is 2.18. The summed E-state index contributed by atoms with van der Waals surface area (Å²) < 4.78 is 50.4. The molecule has 124 valence electrons. The molecule has 0 fully saturated rings. The number of alkyl halides is 3. The molecule has 0 aliphatic rings. The Morgan fingerprint density at radius 2 is 1.86 bits per heavy atom. The molecule has 0 aromatic heterocycles. The van der Waals surface area contributed by atoms with Crippen molar-refractivity contribution in [1.82, 2.24) is 5.32 Å². The van der Waals surface area contributed by atoms with Crippen LogP contribution in [0.1, 0.15) is 5.56 Å². The first kappa shape index (κ1) is 18.2. The maximum absolute atomic E-state index is 12.0. The third-order valence-electron chi connectivity index (χ3n) is 2.48. The van der Waals surface area contributed by atoms with E-state index in [0.717, 1.165) is 5.56 Å². The molecule has 0 bridgehead atoms. The van der Waals surface area contributed by atoms with Crippen LogP contribution in [0.25, 0.3) is 0 Å². The van der Waals surface area contributed by atoms with E-state index in [2.05, 4.69) is 10.1 Å². The Balaban J connectivity index is 2.27. The van der Waals surface area contributed by atoms with Gasteiger partial charge < -0.3 is 19.5 Å². The van der Waals surface area contributed by atoms with Crippen LogP contribution in [0, 0.1) is 0 Å². The van der Waals surface area contributed by atoms with E-state index in [1.807, 2.05) is 0 Å². The summed E-state index contributed by atoms with van der Waals surface area (Å²) in [7, 11) is 1.53. The summed E-state index contributed by atoms with van der Waals surface area (Å²) in [5.74, 6) is -0.163. The predicted molar refractivity (Wildman–Crippen MR) is 72.5 cm³/mol. The van der Waals surface area contributed by atoms with Gasteiger partial charge >= 0.3 is 6.18 Å². The number of rotatable bonds is 9. The lowest BCUT2D eigenvalue weighted by Crippen LogP contribution is -2.27. The van der Waals surface area contributed by atoms with Crippen molar-refractivity contribution in [2.45, 2.75) is 12.7 Å². The van der Waals surface area contributed by atoms with Crippen LogP contribution in [-0.4, -0.2) is 45.6 Å². The van der Waals surface area contributed by atoms with Gasteiger partial charge in [0.15, 0.2) is 6.61 Å². The van der Waals surface area contributed by atoms with Gasteiger partial charge in [-0.1, -0.05) is 12.1 Å². The molecule has 22 heavy (non-hydrogen) atoms. The van der Waals surface area contributed by atoms with Crippen LogP contribution >= 0.6 is 0 Å². The predicted octanol–water partition coefficient (Wildman–Crippen LogP) is 1.91. The lowest BCUT2D eigenvalue weighted by atomic mass is 10.2. The van der Waals surface area contributed by atoms with Crippen molar-refractivity contribution < 1.29 is 32.2 Å². The van der Waals surface area contributed by atoms with E-state index in [9.17, 15) is 18.0 Å². The number of hydrogen-bond donors (Lipinski definition) is 1. The molecular formula is C14H18F3NO4. The second-order valence-electron chi connectivity index (χ2n) is 4.37. The standard InChI is InChI=1S/C14H18F3NO4/c1-20-6-7-21-9-13(19)18-8-11-2-4-12(5-3-11)22-10-14(15,16)17/h2-5H,6-10H2,1H3,(H,18,19). The molecule has 1 aromatic rings. The minimum absolute atomic E-state index is 0.0733. The molecule has 5 nitrogen and oxygen atoms in total. The zero-order chi connectivity index (χ0) is 16.4. The maximum Gasteiger partial charge on any atom is 0.422 e. The minimum atomic E-state index is -4.37. The summed E-state index contributed by atoms with van der Waals surface area (Å²) in [6, 6.07) is 6.00. The zero-order valence-electron chi connectivity index (χ0n) is 12.1. The highest BCUT2D eigenvalue weighted by molar-refractivity contribution is 5.77. The lowest BCUT2D eigenvalue weighted by molar-refractivity contribution is -0.153. The average Bonchev–Trinajstić information content (AvgIpc) is 2.48. The summed E-state index contributed by atoms with van der Waals surface area (Å²) >= 11 is 0. The van der Waals surface area contributed by atoms with Gasteiger partial charge in [-0.15, -0.1) is 0 Å². The first-order valence-corrected chi connectivity index (χ1v) is 6.52. The minimum Gasteiger partial charge on any atom is -0.484 e. The summed E-state index contributed by atoms with van der Waals surface area (Å²) in [6.07, 6.45) is -4.37. The van der Waals surface area contributed by atoms with Crippen LogP contribution in [-0.2, 0) is 20.8 Å². The van der Waals surface area contributed by atoms with E-state index in [-0.39, 0.29) is 24.8 Å². The molecule has 0 saturated carbocycles. The third kappa shape index (κ3) is 8.48. The number of halogens is 3. The summed E-state index contributed by atoms with van der Waals surface area (Å²) in [4.78, 5) is 11.4. The van der Waals surface area contributed by atoms with Gasteiger partial charge in [-0.05, 0) is 17.7 Å². The van der Waals surface area contributed by atoms with Gasteiger partial charge in [0.25, 0.3) is 0 Å². The number of methoxy groups -OCH3 is 1. The Morgan fingerprint density at radius 1 is 1.18 bits per heavy atom. The maximum atomic E-state index is 12.0. The fourth-order valence-corrected chi connectivity index (χ4v) is 1.43. The monoisotopic (exact) mass is 321 g/mol. The Bertz CT molecular complexity index is 448. The van der Waals surface area contributed by atoms with Crippen LogP contribution in [0.15, 0.2) is 24.3 Å². The second kappa shape index (κ2) is 9.26. The van der Waals surface area contributed by atoms with Crippen molar-refractivity contribution in [3.8, 4) is 5.75 Å². The zero-order valence-corrected chi connectivity index (χ0v) is 12.1. The highest BCUT2D eigenvalue weighted by Gasteiger charge is 2.28. The summed E-state index contributed by atoms with van der Waals surface area (Å²) in [6.45, 7) is -0.411. The topological polar surface area (TPSA) is 56.8 Å². The van der Waals surface area contributed by atoms with Gasteiger partial charge in [-0.25, -0.2) is 0 Å². The summed E-state index contributed by atoms with van der Waals surface area (Å²) in [5.41, 5.74) is 0.740. The average molecular weight is 321 g/mol. The van der Waals surface area contributed by atoms with Gasteiger partial charge in [0.05, 0.1) is 13.2 Å². The van der Waals surface area contributed by atoms with Crippen LogP contribution in [0.4, 0.5) is 13.2 Å². The lowest BCUT2D eigenvalue weighted by Gasteiger charge is -2.10. The number of carbonyl (C=O) groups is 1. The Kier molecular flexibility index (Phi) is 7.69. The smallest absolute Gasteiger partial charge is 0.422 e.